The molecule has 3 rings (SSSR count). The van der Waals surface area contributed by atoms with Crippen LogP contribution in [-0.2, 0) is 42.2 Å². The molecular weight excluding hydrogens is 439 g/mol. The number of esters is 2. The van der Waals surface area contributed by atoms with E-state index in [0.29, 0.717) is 37.4 Å². The molecule has 184 valence electrons. The summed E-state index contributed by atoms with van der Waals surface area (Å²) in [6.45, 7) is 7.93. The van der Waals surface area contributed by atoms with Crippen LogP contribution in [0.25, 0.3) is 0 Å². The highest BCUT2D eigenvalue weighted by Gasteiger charge is 2.39. The van der Waals surface area contributed by atoms with Gasteiger partial charge < -0.3 is 18.9 Å². The molecule has 34 heavy (non-hydrogen) atoms. The molecule has 1 heterocycles. The molecule has 0 amide bonds. The number of rotatable bonds is 8. The molecule has 0 N–H and O–H groups in total. The van der Waals surface area contributed by atoms with E-state index in [1.165, 1.54) is 13.0 Å². The third-order valence-electron chi connectivity index (χ3n) is 5.71. The molecule has 0 atom stereocenters. The van der Waals surface area contributed by atoms with E-state index in [-0.39, 0.29) is 25.2 Å². The Morgan fingerprint density at radius 2 is 1.76 bits per heavy atom. The molecule has 0 aromatic heterocycles. The summed E-state index contributed by atoms with van der Waals surface area (Å²) in [6, 6.07) is 12.6. The number of carbonyl (C=O) groups is 2. The van der Waals surface area contributed by atoms with Gasteiger partial charge in [0.1, 0.15) is 30.4 Å². The van der Waals surface area contributed by atoms with Crippen molar-refractivity contribution in [1.29, 1.82) is 0 Å². The van der Waals surface area contributed by atoms with Crippen molar-refractivity contribution in [3.8, 4) is 5.75 Å². The zero-order valence-corrected chi connectivity index (χ0v) is 20.3. The van der Waals surface area contributed by atoms with Crippen molar-refractivity contribution in [2.24, 2.45) is 0 Å². The summed E-state index contributed by atoms with van der Waals surface area (Å²) >= 11 is 0. The zero-order chi connectivity index (χ0) is 24.8. The van der Waals surface area contributed by atoms with Crippen LogP contribution in [0.2, 0.25) is 0 Å². The summed E-state index contributed by atoms with van der Waals surface area (Å²) in [5.41, 5.74) is 0.430. The molecule has 0 bridgehead atoms. The van der Waals surface area contributed by atoms with E-state index in [9.17, 15) is 9.59 Å². The monoisotopic (exact) mass is 472 g/mol. The Hall–Kier alpha value is -2.93. The molecule has 6 nitrogen and oxygen atoms in total. The first kappa shape index (κ1) is 25.7. The third-order valence-corrected chi connectivity index (χ3v) is 5.71. The minimum absolute atomic E-state index is 0.0955. The summed E-state index contributed by atoms with van der Waals surface area (Å²) in [4.78, 5) is 24.0. The van der Waals surface area contributed by atoms with Gasteiger partial charge in [-0.2, -0.15) is 0 Å². The Bertz CT molecular complexity index is 990. The minimum Gasteiger partial charge on any atom is -0.489 e. The molecule has 1 fully saturated rings. The van der Waals surface area contributed by atoms with Gasteiger partial charge in [-0.05, 0) is 51.3 Å². The number of benzene rings is 2. The van der Waals surface area contributed by atoms with Crippen LogP contribution in [0.1, 0.15) is 57.2 Å². The fraction of sp³-hybridized carbons (Fsp3) is 0.481. The van der Waals surface area contributed by atoms with Gasteiger partial charge in [0.25, 0.3) is 0 Å². The lowest BCUT2D eigenvalue weighted by atomic mass is 9.74. The van der Waals surface area contributed by atoms with Crippen LogP contribution in [0.15, 0.2) is 42.5 Å². The standard InChI is InChI=1S/C27H33FO6/c1-19(29)33-18-27(10-12-31-13-11-27)22-16-23(28)21(15-25(30)34-26(2,3)4)14-24(22)32-17-20-8-6-5-7-9-20/h5-9,14,16H,10-13,15,17-18H2,1-4H3. The van der Waals surface area contributed by atoms with Crippen molar-refractivity contribution in [2.75, 3.05) is 19.8 Å². The maximum absolute atomic E-state index is 15.3. The molecule has 1 aliphatic rings. The maximum Gasteiger partial charge on any atom is 0.310 e. The molecular formula is C27H33FO6. The summed E-state index contributed by atoms with van der Waals surface area (Å²) in [7, 11) is 0. The fourth-order valence-corrected chi connectivity index (χ4v) is 4.03. The van der Waals surface area contributed by atoms with Gasteiger partial charge in [0.05, 0.1) is 6.42 Å². The molecule has 0 aliphatic carbocycles. The minimum atomic E-state index is -0.670. The highest BCUT2D eigenvalue weighted by Crippen LogP contribution is 2.42. The first-order valence-electron chi connectivity index (χ1n) is 11.5. The van der Waals surface area contributed by atoms with Crippen LogP contribution in [0, 0.1) is 5.82 Å². The molecule has 0 saturated carbocycles. The first-order chi connectivity index (χ1) is 16.1. The molecule has 0 radical (unpaired) electrons. The number of carbonyl (C=O) groups excluding carboxylic acids is 2. The van der Waals surface area contributed by atoms with Gasteiger partial charge in [0.2, 0.25) is 0 Å². The van der Waals surface area contributed by atoms with E-state index >= 15 is 4.39 Å². The quantitative estimate of drug-likeness (QED) is 0.509. The Morgan fingerprint density at radius 3 is 2.38 bits per heavy atom. The summed E-state index contributed by atoms with van der Waals surface area (Å²) in [6.07, 6.45) is 0.880. The Balaban J connectivity index is 1.99. The van der Waals surface area contributed by atoms with Gasteiger partial charge in [0.15, 0.2) is 0 Å². The molecule has 0 spiro atoms. The second kappa shape index (κ2) is 11.0. The highest BCUT2D eigenvalue weighted by molar-refractivity contribution is 5.73. The normalized spacial score (nSPS) is 15.4. The Morgan fingerprint density at radius 1 is 1.09 bits per heavy atom. The van der Waals surface area contributed by atoms with Gasteiger partial charge in [-0.3, -0.25) is 9.59 Å². The van der Waals surface area contributed by atoms with Crippen molar-refractivity contribution in [1.82, 2.24) is 0 Å². The van der Waals surface area contributed by atoms with Gasteiger partial charge in [-0.25, -0.2) is 4.39 Å². The van der Waals surface area contributed by atoms with E-state index in [4.69, 9.17) is 18.9 Å². The Labute approximate surface area is 200 Å². The van der Waals surface area contributed by atoms with Crippen LogP contribution >= 0.6 is 0 Å². The summed E-state index contributed by atoms with van der Waals surface area (Å²) in [5, 5.41) is 0. The van der Waals surface area contributed by atoms with Crippen LogP contribution < -0.4 is 4.74 Å². The van der Waals surface area contributed by atoms with Crippen LogP contribution in [-0.4, -0.2) is 37.4 Å². The van der Waals surface area contributed by atoms with Gasteiger partial charge in [-0.15, -0.1) is 0 Å². The fourth-order valence-electron chi connectivity index (χ4n) is 4.03. The number of halogens is 1. The smallest absolute Gasteiger partial charge is 0.310 e. The largest absolute Gasteiger partial charge is 0.489 e. The van der Waals surface area contributed by atoms with Crippen molar-refractivity contribution in [3.05, 3.63) is 65.0 Å². The maximum atomic E-state index is 15.3. The average Bonchev–Trinajstić information content (AvgIpc) is 2.78. The predicted octanol–water partition coefficient (Wildman–Crippen LogP) is 4.90. The predicted molar refractivity (Wildman–Crippen MR) is 125 cm³/mol. The molecule has 1 aliphatic heterocycles. The molecule has 7 heteroatoms. The van der Waals surface area contributed by atoms with Gasteiger partial charge in [-0.1, -0.05) is 30.3 Å². The van der Waals surface area contributed by atoms with Gasteiger partial charge >= 0.3 is 11.9 Å². The highest BCUT2D eigenvalue weighted by atomic mass is 19.1. The molecule has 2 aromatic carbocycles. The molecule has 0 unspecified atom stereocenters. The molecule has 1 saturated heterocycles. The number of hydrogen-bond donors (Lipinski definition) is 0. The van der Waals surface area contributed by atoms with E-state index in [0.717, 1.165) is 5.56 Å². The second-order valence-electron chi connectivity index (χ2n) is 9.65. The Kier molecular flexibility index (Phi) is 8.31. The van der Waals surface area contributed by atoms with Crippen molar-refractivity contribution in [3.63, 3.8) is 0 Å². The van der Waals surface area contributed by atoms with E-state index < -0.39 is 28.8 Å². The second-order valence-corrected chi connectivity index (χ2v) is 9.65. The lowest BCUT2D eigenvalue weighted by Gasteiger charge is -2.38. The van der Waals surface area contributed by atoms with Crippen molar-refractivity contribution >= 4 is 11.9 Å². The number of ether oxygens (including phenoxy) is 4. The lowest BCUT2D eigenvalue weighted by molar-refractivity contribution is -0.154. The zero-order valence-electron chi connectivity index (χ0n) is 20.3. The van der Waals surface area contributed by atoms with Crippen molar-refractivity contribution in [2.45, 2.75) is 64.6 Å². The van der Waals surface area contributed by atoms with E-state index in [1.54, 1.807) is 26.8 Å². The van der Waals surface area contributed by atoms with Crippen LogP contribution in [0.4, 0.5) is 4.39 Å². The van der Waals surface area contributed by atoms with Crippen molar-refractivity contribution < 1.29 is 32.9 Å². The SMILES string of the molecule is CC(=O)OCC1(c2cc(F)c(CC(=O)OC(C)(C)C)cc2OCc2ccccc2)CCOCC1. The third kappa shape index (κ3) is 7.03. The average molecular weight is 473 g/mol. The van der Waals surface area contributed by atoms with E-state index in [1.807, 2.05) is 30.3 Å². The molecule has 2 aromatic rings. The first-order valence-corrected chi connectivity index (χ1v) is 11.5. The van der Waals surface area contributed by atoms with E-state index in [2.05, 4.69) is 0 Å². The lowest BCUT2D eigenvalue weighted by Crippen LogP contribution is -2.39. The van der Waals surface area contributed by atoms with Crippen LogP contribution in [0.3, 0.4) is 0 Å². The number of hydrogen-bond acceptors (Lipinski definition) is 6. The van der Waals surface area contributed by atoms with Gasteiger partial charge in [0, 0.05) is 36.7 Å². The van der Waals surface area contributed by atoms with Crippen LogP contribution in [0.5, 0.6) is 5.75 Å². The summed E-state index contributed by atoms with van der Waals surface area (Å²) < 4.78 is 37.8. The summed E-state index contributed by atoms with van der Waals surface area (Å²) in [5.74, 6) is -0.993. The topological polar surface area (TPSA) is 71.1 Å².